The smallest absolute Gasteiger partial charge is 0.153 e. The number of nitrogens with zero attached hydrogens (tertiary/aromatic N) is 2. The van der Waals surface area contributed by atoms with Crippen LogP contribution in [-0.4, -0.2) is 23.2 Å². The van der Waals surface area contributed by atoms with Crippen molar-refractivity contribution in [3.05, 3.63) is 59.1 Å². The van der Waals surface area contributed by atoms with Gasteiger partial charge in [0.25, 0.3) is 0 Å². The van der Waals surface area contributed by atoms with Crippen molar-refractivity contribution in [2.24, 2.45) is 0 Å². The molecular formula is C16H14N2O2S. The molecule has 0 fully saturated rings. The van der Waals surface area contributed by atoms with E-state index in [1.165, 1.54) is 11.3 Å². The molecular weight excluding hydrogens is 284 g/mol. The highest BCUT2D eigenvalue weighted by atomic mass is 32.1. The van der Waals surface area contributed by atoms with Gasteiger partial charge in [0.15, 0.2) is 6.29 Å². The number of methoxy groups -OCH3 is 1. The largest absolute Gasteiger partial charge is 0.495 e. The first-order valence-electron chi connectivity index (χ1n) is 6.50. The van der Waals surface area contributed by atoms with Crippen LogP contribution < -0.4 is 4.74 Å². The average Bonchev–Trinajstić information content (AvgIpc) is 3.13. The van der Waals surface area contributed by atoms with Crippen molar-refractivity contribution in [1.29, 1.82) is 0 Å². The van der Waals surface area contributed by atoms with E-state index in [2.05, 4.69) is 5.10 Å². The molecule has 106 valence electrons. The number of ether oxygens (including phenoxy) is 1. The van der Waals surface area contributed by atoms with Crippen LogP contribution in [0.2, 0.25) is 0 Å². The second-order valence-corrected chi connectivity index (χ2v) is 5.47. The Morgan fingerprint density at radius 2 is 2.10 bits per heavy atom. The minimum absolute atomic E-state index is 0.576. The number of aldehydes is 1. The molecule has 4 nitrogen and oxygen atoms in total. The maximum Gasteiger partial charge on any atom is 0.153 e. The van der Waals surface area contributed by atoms with E-state index in [1.54, 1.807) is 18.0 Å². The molecule has 0 atom stereocenters. The zero-order chi connectivity index (χ0) is 14.7. The zero-order valence-corrected chi connectivity index (χ0v) is 12.3. The first-order chi connectivity index (χ1) is 10.3. The van der Waals surface area contributed by atoms with E-state index >= 15 is 0 Å². The fraction of sp³-hybridized carbons (Fsp3) is 0.125. The third-order valence-corrected chi connectivity index (χ3v) is 4.07. The Balaban J connectivity index is 1.97. The van der Waals surface area contributed by atoms with E-state index in [1.807, 2.05) is 41.8 Å². The number of aromatic nitrogens is 2. The highest BCUT2D eigenvalue weighted by Gasteiger charge is 2.16. The van der Waals surface area contributed by atoms with Gasteiger partial charge in [-0.05, 0) is 17.0 Å². The van der Waals surface area contributed by atoms with Crippen LogP contribution in [0.15, 0.2) is 48.0 Å². The van der Waals surface area contributed by atoms with Gasteiger partial charge in [-0.15, -0.1) is 11.3 Å². The number of hydrogen-bond donors (Lipinski definition) is 0. The zero-order valence-electron chi connectivity index (χ0n) is 11.5. The van der Waals surface area contributed by atoms with Crippen molar-refractivity contribution in [3.63, 3.8) is 0 Å². The molecule has 0 saturated heterocycles. The molecule has 0 aliphatic rings. The maximum absolute atomic E-state index is 11.3. The van der Waals surface area contributed by atoms with E-state index in [0.29, 0.717) is 17.8 Å². The Labute approximate surface area is 126 Å². The normalized spacial score (nSPS) is 10.5. The van der Waals surface area contributed by atoms with Gasteiger partial charge in [0.2, 0.25) is 0 Å². The van der Waals surface area contributed by atoms with Crippen molar-refractivity contribution in [2.75, 3.05) is 7.11 Å². The predicted octanol–water partition coefficient (Wildman–Crippen LogP) is 3.48. The van der Waals surface area contributed by atoms with E-state index in [-0.39, 0.29) is 0 Å². The highest BCUT2D eigenvalue weighted by molar-refractivity contribution is 7.14. The topological polar surface area (TPSA) is 44.1 Å². The molecule has 3 aromatic rings. The Kier molecular flexibility index (Phi) is 3.83. The standard InChI is InChI=1S/C16H14N2O2S/c1-20-14-7-8-21-16(14)15-13(11-19)10-18(17-15)9-12-5-3-2-4-6-12/h2-8,10-11H,9H2,1H3. The first kappa shape index (κ1) is 13.6. The van der Waals surface area contributed by atoms with Crippen LogP contribution >= 0.6 is 11.3 Å². The fourth-order valence-electron chi connectivity index (χ4n) is 2.18. The average molecular weight is 298 g/mol. The highest BCUT2D eigenvalue weighted by Crippen LogP contribution is 2.35. The predicted molar refractivity (Wildman–Crippen MR) is 83.0 cm³/mol. The number of carbonyl (C=O) groups excluding carboxylic acids is 1. The molecule has 0 amide bonds. The van der Waals surface area contributed by atoms with Crippen molar-refractivity contribution in [3.8, 4) is 16.3 Å². The first-order valence-corrected chi connectivity index (χ1v) is 7.38. The Hall–Kier alpha value is -2.40. The second kappa shape index (κ2) is 5.93. The lowest BCUT2D eigenvalue weighted by Crippen LogP contribution is -1.99. The third-order valence-electron chi connectivity index (χ3n) is 3.17. The lowest BCUT2D eigenvalue weighted by molar-refractivity contribution is 0.112. The van der Waals surface area contributed by atoms with E-state index in [9.17, 15) is 4.79 Å². The van der Waals surface area contributed by atoms with Crippen molar-refractivity contribution in [1.82, 2.24) is 9.78 Å². The molecule has 1 aromatic carbocycles. The summed E-state index contributed by atoms with van der Waals surface area (Å²) in [5.74, 6) is 0.744. The number of benzene rings is 1. The summed E-state index contributed by atoms with van der Waals surface area (Å²) in [6.07, 6.45) is 2.61. The fourth-order valence-corrected chi connectivity index (χ4v) is 3.05. The van der Waals surface area contributed by atoms with Gasteiger partial charge in [-0.25, -0.2) is 0 Å². The molecule has 2 aromatic heterocycles. The molecule has 0 N–H and O–H groups in total. The van der Waals surface area contributed by atoms with E-state index < -0.39 is 0 Å². The van der Waals surface area contributed by atoms with E-state index in [4.69, 9.17) is 4.74 Å². The van der Waals surface area contributed by atoms with Gasteiger partial charge in [0.05, 0.1) is 24.1 Å². The van der Waals surface area contributed by atoms with Crippen molar-refractivity contribution in [2.45, 2.75) is 6.54 Å². The van der Waals surface area contributed by atoms with Crippen LogP contribution in [-0.2, 0) is 6.54 Å². The van der Waals surface area contributed by atoms with Crippen LogP contribution in [0.1, 0.15) is 15.9 Å². The SMILES string of the molecule is COc1ccsc1-c1nn(Cc2ccccc2)cc1C=O. The minimum Gasteiger partial charge on any atom is -0.495 e. The van der Waals surface area contributed by atoms with Gasteiger partial charge in [-0.2, -0.15) is 5.10 Å². The molecule has 0 unspecified atom stereocenters. The summed E-state index contributed by atoms with van der Waals surface area (Å²) in [5.41, 5.74) is 2.39. The number of rotatable bonds is 5. The number of carbonyl (C=O) groups is 1. The maximum atomic E-state index is 11.3. The van der Waals surface area contributed by atoms with Crippen LogP contribution in [0.5, 0.6) is 5.75 Å². The second-order valence-electron chi connectivity index (χ2n) is 4.55. The molecule has 0 saturated carbocycles. The summed E-state index contributed by atoms with van der Waals surface area (Å²) >= 11 is 1.52. The van der Waals surface area contributed by atoms with Crippen LogP contribution in [0.25, 0.3) is 10.6 Å². The minimum atomic E-state index is 0.576. The van der Waals surface area contributed by atoms with Crippen molar-refractivity contribution < 1.29 is 9.53 Å². The Morgan fingerprint density at radius 3 is 2.81 bits per heavy atom. The van der Waals surface area contributed by atoms with Gasteiger partial charge in [-0.1, -0.05) is 30.3 Å². The molecule has 0 aliphatic heterocycles. The van der Waals surface area contributed by atoms with Crippen LogP contribution in [0, 0.1) is 0 Å². The third kappa shape index (κ3) is 2.73. The number of thiophene rings is 1. The molecule has 5 heteroatoms. The molecule has 2 heterocycles. The summed E-state index contributed by atoms with van der Waals surface area (Å²) in [7, 11) is 1.62. The lowest BCUT2D eigenvalue weighted by atomic mass is 10.2. The summed E-state index contributed by atoms with van der Waals surface area (Å²) in [5, 5.41) is 6.47. The molecule has 21 heavy (non-hydrogen) atoms. The Bertz CT molecular complexity index is 747. The van der Waals surface area contributed by atoms with Crippen LogP contribution in [0.3, 0.4) is 0 Å². The monoisotopic (exact) mass is 298 g/mol. The van der Waals surface area contributed by atoms with Crippen molar-refractivity contribution >= 4 is 17.6 Å². The van der Waals surface area contributed by atoms with Crippen LogP contribution in [0.4, 0.5) is 0 Å². The van der Waals surface area contributed by atoms with Gasteiger partial charge in [-0.3, -0.25) is 9.48 Å². The summed E-state index contributed by atoms with van der Waals surface area (Å²) in [6.45, 7) is 0.634. The van der Waals surface area contributed by atoms with Gasteiger partial charge >= 0.3 is 0 Å². The molecule has 0 bridgehead atoms. The molecule has 3 rings (SSSR count). The summed E-state index contributed by atoms with van der Waals surface area (Å²) < 4.78 is 7.10. The van der Waals surface area contributed by atoms with Gasteiger partial charge in [0.1, 0.15) is 11.4 Å². The Morgan fingerprint density at radius 1 is 1.29 bits per heavy atom. The van der Waals surface area contributed by atoms with E-state index in [0.717, 1.165) is 22.5 Å². The molecule has 0 radical (unpaired) electrons. The molecule has 0 aliphatic carbocycles. The summed E-state index contributed by atoms with van der Waals surface area (Å²) in [6, 6.07) is 11.9. The summed E-state index contributed by atoms with van der Waals surface area (Å²) in [4.78, 5) is 12.2. The van der Waals surface area contributed by atoms with Gasteiger partial charge in [0, 0.05) is 6.20 Å². The quantitative estimate of drug-likeness (QED) is 0.677. The molecule has 0 spiro atoms. The lowest BCUT2D eigenvalue weighted by Gasteiger charge is -2.01. The number of hydrogen-bond acceptors (Lipinski definition) is 4. The van der Waals surface area contributed by atoms with Gasteiger partial charge < -0.3 is 4.74 Å².